The third-order valence-corrected chi connectivity index (χ3v) is 6.54. The van der Waals surface area contributed by atoms with Crippen LogP contribution in [0.1, 0.15) is 18.2 Å². The number of thioether (sulfide) groups is 1. The average Bonchev–Trinajstić information content (AvgIpc) is 3.17. The number of hydrogen-bond acceptors (Lipinski definition) is 3. The van der Waals surface area contributed by atoms with Crippen molar-refractivity contribution in [1.29, 1.82) is 0 Å². The SMILES string of the molecule is CSc1ccc(N2C(=O)N3CCc4c([nH]c5ccccc45)C3(C)C2=O)cc1. The predicted molar refractivity (Wildman–Crippen MR) is 107 cm³/mol. The molecule has 0 spiro atoms. The van der Waals surface area contributed by atoms with Crippen LogP contribution in [0.3, 0.4) is 0 Å². The zero-order valence-corrected chi connectivity index (χ0v) is 16.0. The fourth-order valence-corrected chi connectivity index (χ4v) is 4.76. The number of aromatic nitrogens is 1. The lowest BCUT2D eigenvalue weighted by Gasteiger charge is -2.35. The Morgan fingerprint density at radius 3 is 2.56 bits per heavy atom. The first-order valence-corrected chi connectivity index (χ1v) is 10.2. The number of nitrogens with one attached hydrogen (secondary N) is 1. The van der Waals surface area contributed by atoms with Crippen molar-refractivity contribution in [3.63, 3.8) is 0 Å². The van der Waals surface area contributed by atoms with Crippen molar-refractivity contribution in [2.24, 2.45) is 0 Å². The fraction of sp³-hybridized carbons (Fsp3) is 0.238. The Morgan fingerprint density at radius 2 is 1.81 bits per heavy atom. The number of para-hydroxylation sites is 1. The van der Waals surface area contributed by atoms with Crippen molar-refractivity contribution in [2.75, 3.05) is 17.7 Å². The van der Waals surface area contributed by atoms with Gasteiger partial charge in [0.2, 0.25) is 0 Å². The van der Waals surface area contributed by atoms with E-state index in [1.54, 1.807) is 16.7 Å². The lowest BCUT2D eigenvalue weighted by atomic mass is 9.87. The van der Waals surface area contributed by atoms with E-state index in [4.69, 9.17) is 0 Å². The van der Waals surface area contributed by atoms with Crippen LogP contribution < -0.4 is 4.90 Å². The van der Waals surface area contributed by atoms with E-state index in [-0.39, 0.29) is 11.9 Å². The summed E-state index contributed by atoms with van der Waals surface area (Å²) in [6.07, 6.45) is 2.74. The number of H-pyrrole nitrogens is 1. The van der Waals surface area contributed by atoms with Crippen LogP contribution in [0.15, 0.2) is 53.4 Å². The number of benzene rings is 2. The van der Waals surface area contributed by atoms with Crippen LogP contribution in [0, 0.1) is 0 Å². The third kappa shape index (κ3) is 2.07. The Balaban J connectivity index is 1.65. The first-order valence-electron chi connectivity index (χ1n) is 8.96. The summed E-state index contributed by atoms with van der Waals surface area (Å²) in [6, 6.07) is 15.4. The molecule has 2 aliphatic heterocycles. The molecule has 1 saturated heterocycles. The minimum absolute atomic E-state index is 0.197. The minimum Gasteiger partial charge on any atom is -0.356 e. The summed E-state index contributed by atoms with van der Waals surface area (Å²) < 4.78 is 0. The second-order valence-corrected chi connectivity index (χ2v) is 8.00. The van der Waals surface area contributed by atoms with Crippen molar-refractivity contribution >= 4 is 40.3 Å². The van der Waals surface area contributed by atoms with Crippen LogP contribution in [0.2, 0.25) is 0 Å². The van der Waals surface area contributed by atoms with Crippen LogP contribution in [0.5, 0.6) is 0 Å². The van der Waals surface area contributed by atoms with Gasteiger partial charge in [0.25, 0.3) is 5.91 Å². The van der Waals surface area contributed by atoms with E-state index in [1.165, 1.54) is 4.90 Å². The van der Waals surface area contributed by atoms with Crippen LogP contribution in [0.25, 0.3) is 10.9 Å². The van der Waals surface area contributed by atoms with Crippen molar-refractivity contribution in [1.82, 2.24) is 9.88 Å². The number of nitrogens with zero attached hydrogens (tertiary/aromatic N) is 2. The molecule has 6 heteroatoms. The molecule has 2 aromatic carbocycles. The number of urea groups is 1. The van der Waals surface area contributed by atoms with Gasteiger partial charge in [-0.15, -0.1) is 11.8 Å². The molecule has 136 valence electrons. The smallest absolute Gasteiger partial charge is 0.332 e. The molecule has 1 atom stereocenters. The number of carbonyl (C=O) groups is 2. The molecule has 27 heavy (non-hydrogen) atoms. The number of rotatable bonds is 2. The molecule has 3 heterocycles. The van der Waals surface area contributed by atoms with E-state index in [1.807, 2.05) is 55.6 Å². The summed E-state index contributed by atoms with van der Waals surface area (Å²) >= 11 is 1.63. The number of fused-ring (bicyclic) bond motifs is 5. The average molecular weight is 377 g/mol. The van der Waals surface area contributed by atoms with Crippen LogP contribution in [0.4, 0.5) is 10.5 Å². The summed E-state index contributed by atoms with van der Waals surface area (Å²) in [6.45, 7) is 2.40. The highest BCUT2D eigenvalue weighted by Gasteiger charge is 2.58. The summed E-state index contributed by atoms with van der Waals surface area (Å²) in [5.74, 6) is -0.197. The highest BCUT2D eigenvalue weighted by atomic mass is 32.2. The molecule has 5 nitrogen and oxygen atoms in total. The predicted octanol–water partition coefficient (Wildman–Crippen LogP) is 4.13. The van der Waals surface area contributed by atoms with Crippen molar-refractivity contribution < 1.29 is 9.59 Å². The number of aromatic amines is 1. The van der Waals surface area contributed by atoms with E-state index < -0.39 is 5.54 Å². The van der Waals surface area contributed by atoms with Crippen LogP contribution in [-0.4, -0.2) is 34.6 Å². The summed E-state index contributed by atoms with van der Waals surface area (Å²) in [5, 5.41) is 1.14. The van der Waals surface area contributed by atoms with Gasteiger partial charge in [0, 0.05) is 22.3 Å². The van der Waals surface area contributed by atoms with Crippen molar-refractivity contribution in [3.05, 3.63) is 59.8 Å². The molecule has 2 aliphatic rings. The maximum Gasteiger partial charge on any atom is 0.332 e. The molecule has 1 N–H and O–H groups in total. The summed E-state index contributed by atoms with van der Waals surface area (Å²) in [4.78, 5) is 34.2. The molecule has 1 fully saturated rings. The van der Waals surface area contributed by atoms with Crippen molar-refractivity contribution in [2.45, 2.75) is 23.8 Å². The molecule has 0 saturated carbocycles. The molecule has 3 aromatic rings. The molecule has 0 radical (unpaired) electrons. The standard InChI is InChI=1S/C21H19N3O2S/c1-21-18-16(15-5-3-4-6-17(15)22-18)11-12-23(21)20(26)24(19(21)25)13-7-9-14(27-2)10-8-13/h3-10,22H,11-12H2,1-2H3. The molecule has 3 amide bonds. The van der Waals surface area contributed by atoms with E-state index >= 15 is 0 Å². The summed E-state index contributed by atoms with van der Waals surface area (Å²) in [5.41, 5.74) is 2.62. The second-order valence-electron chi connectivity index (χ2n) is 7.12. The third-order valence-electron chi connectivity index (χ3n) is 5.80. The number of carbonyl (C=O) groups excluding carboxylic acids is 2. The Labute approximate surface area is 161 Å². The van der Waals surface area contributed by atoms with Gasteiger partial charge in [-0.3, -0.25) is 4.79 Å². The van der Waals surface area contributed by atoms with Gasteiger partial charge in [-0.25, -0.2) is 9.69 Å². The Morgan fingerprint density at radius 1 is 1.07 bits per heavy atom. The number of imide groups is 1. The maximum absolute atomic E-state index is 13.5. The monoisotopic (exact) mass is 377 g/mol. The minimum atomic E-state index is -0.998. The van der Waals surface area contributed by atoms with E-state index in [0.29, 0.717) is 12.2 Å². The first kappa shape index (κ1) is 16.4. The lowest BCUT2D eigenvalue weighted by Crippen LogP contribution is -2.49. The number of hydrogen-bond donors (Lipinski definition) is 1. The molecular weight excluding hydrogens is 358 g/mol. The Bertz CT molecular complexity index is 1090. The van der Waals surface area contributed by atoms with Gasteiger partial charge in [0.05, 0.1) is 11.4 Å². The molecule has 1 unspecified atom stereocenters. The number of amides is 3. The quantitative estimate of drug-likeness (QED) is 0.540. The molecule has 0 bridgehead atoms. The van der Waals surface area contributed by atoms with E-state index in [0.717, 1.165) is 33.5 Å². The van der Waals surface area contributed by atoms with Crippen molar-refractivity contribution in [3.8, 4) is 0 Å². The van der Waals surface area contributed by atoms with Gasteiger partial charge in [0.1, 0.15) is 0 Å². The normalized spacial score (nSPS) is 21.7. The zero-order chi connectivity index (χ0) is 18.8. The highest BCUT2D eigenvalue weighted by Crippen LogP contribution is 2.45. The Hall–Kier alpha value is -2.73. The zero-order valence-electron chi connectivity index (χ0n) is 15.2. The van der Waals surface area contributed by atoms with Gasteiger partial charge in [-0.05, 0) is 55.5 Å². The van der Waals surface area contributed by atoms with Gasteiger partial charge in [-0.2, -0.15) is 0 Å². The van der Waals surface area contributed by atoms with Crippen LogP contribution in [-0.2, 0) is 16.8 Å². The van der Waals surface area contributed by atoms with E-state index in [2.05, 4.69) is 11.1 Å². The van der Waals surface area contributed by atoms with E-state index in [9.17, 15) is 9.59 Å². The molecular formula is C21H19N3O2S. The maximum atomic E-state index is 13.5. The van der Waals surface area contributed by atoms with Gasteiger partial charge in [-0.1, -0.05) is 18.2 Å². The lowest BCUT2D eigenvalue weighted by molar-refractivity contribution is -0.125. The van der Waals surface area contributed by atoms with Gasteiger partial charge < -0.3 is 9.88 Å². The largest absolute Gasteiger partial charge is 0.356 e. The molecule has 1 aromatic heterocycles. The number of anilines is 1. The van der Waals surface area contributed by atoms with Crippen LogP contribution >= 0.6 is 11.8 Å². The second kappa shape index (κ2) is 5.63. The van der Waals surface area contributed by atoms with Gasteiger partial charge in [0.15, 0.2) is 5.54 Å². The fourth-order valence-electron chi connectivity index (χ4n) is 4.35. The molecule has 5 rings (SSSR count). The van der Waals surface area contributed by atoms with Gasteiger partial charge >= 0.3 is 6.03 Å². The first-order chi connectivity index (χ1) is 13.1. The summed E-state index contributed by atoms with van der Waals surface area (Å²) in [7, 11) is 0. The topological polar surface area (TPSA) is 56.4 Å². The Kier molecular flexibility index (Phi) is 3.43. The molecule has 0 aliphatic carbocycles. The highest BCUT2D eigenvalue weighted by molar-refractivity contribution is 7.98.